The fourth-order valence-electron chi connectivity index (χ4n) is 1.13. The zero-order valence-corrected chi connectivity index (χ0v) is 7.45. The van der Waals surface area contributed by atoms with E-state index in [0.29, 0.717) is 4.47 Å². The molecule has 2 rings (SSSR count). The van der Waals surface area contributed by atoms with Crippen molar-refractivity contribution in [2.75, 3.05) is 6.61 Å². The first-order valence-corrected chi connectivity index (χ1v) is 4.69. The summed E-state index contributed by atoms with van der Waals surface area (Å²) in [6, 6.07) is 0. The average Bonchev–Trinajstić information content (AvgIpc) is 2.70. The van der Waals surface area contributed by atoms with Gasteiger partial charge in [-0.1, -0.05) is 11.6 Å². The number of aliphatic hydroxyl groups excluding tert-OH is 1. The molecule has 1 aliphatic rings. The first-order chi connectivity index (χ1) is 5.27. The highest BCUT2D eigenvalue weighted by Gasteiger charge is 2.45. The molecule has 0 saturated heterocycles. The van der Waals surface area contributed by atoms with Gasteiger partial charge in [0.2, 0.25) is 0 Å². The summed E-state index contributed by atoms with van der Waals surface area (Å²) in [4.78, 5) is 5.07. The van der Waals surface area contributed by atoms with Crippen LogP contribution in [0, 0.1) is 0 Å². The molecule has 0 aliphatic heterocycles. The van der Waals surface area contributed by atoms with Crippen LogP contribution in [0.5, 0.6) is 0 Å². The third kappa shape index (κ3) is 1.17. The molecule has 0 amide bonds. The lowest BCUT2D eigenvalue weighted by Gasteiger charge is -2.05. The van der Waals surface area contributed by atoms with E-state index < -0.39 is 0 Å². The molecule has 1 aliphatic carbocycles. The van der Waals surface area contributed by atoms with Gasteiger partial charge in [0.15, 0.2) is 4.47 Å². The molecule has 0 spiro atoms. The molecule has 1 aromatic rings. The minimum absolute atomic E-state index is 0.0325. The smallest absolute Gasteiger partial charge is 0.183 e. The highest BCUT2D eigenvalue weighted by molar-refractivity contribution is 7.15. The molecule has 0 radical (unpaired) electrons. The van der Waals surface area contributed by atoms with Crippen LogP contribution in [0.3, 0.4) is 0 Å². The maximum Gasteiger partial charge on any atom is 0.183 e. The van der Waals surface area contributed by atoms with E-state index in [9.17, 15) is 0 Å². The number of nitrogens with zero attached hydrogens (tertiary/aromatic N) is 1. The van der Waals surface area contributed by atoms with Gasteiger partial charge in [-0.2, -0.15) is 0 Å². The number of aromatic nitrogens is 1. The molecule has 1 N–H and O–H groups in total. The normalized spacial score (nSPS) is 20.2. The van der Waals surface area contributed by atoms with E-state index >= 15 is 0 Å². The molecule has 11 heavy (non-hydrogen) atoms. The number of hydrogen-bond donors (Lipinski definition) is 1. The lowest BCUT2D eigenvalue weighted by Crippen LogP contribution is -2.09. The molecule has 1 fully saturated rings. The molecule has 4 heteroatoms. The first kappa shape index (κ1) is 7.53. The van der Waals surface area contributed by atoms with Gasteiger partial charge in [-0.05, 0) is 12.8 Å². The van der Waals surface area contributed by atoms with Crippen molar-refractivity contribution in [2.24, 2.45) is 0 Å². The molecule has 60 valence electrons. The molecule has 1 aromatic heterocycles. The Morgan fingerprint density at radius 2 is 2.45 bits per heavy atom. The number of hydrogen-bond acceptors (Lipinski definition) is 3. The van der Waals surface area contributed by atoms with E-state index in [0.717, 1.165) is 17.7 Å². The lowest BCUT2D eigenvalue weighted by molar-refractivity contribution is 0.257. The molecular formula is C7H8ClNOS. The van der Waals surface area contributed by atoms with Crippen molar-refractivity contribution >= 4 is 22.9 Å². The van der Waals surface area contributed by atoms with Gasteiger partial charge in [0.25, 0.3) is 0 Å². The Kier molecular flexibility index (Phi) is 1.67. The van der Waals surface area contributed by atoms with Crippen molar-refractivity contribution < 1.29 is 5.11 Å². The van der Waals surface area contributed by atoms with Crippen LogP contribution >= 0.6 is 22.9 Å². The molecule has 1 saturated carbocycles. The van der Waals surface area contributed by atoms with Gasteiger partial charge in [-0.3, -0.25) is 0 Å². The van der Waals surface area contributed by atoms with E-state index in [1.54, 1.807) is 6.20 Å². The van der Waals surface area contributed by atoms with Gasteiger partial charge in [0, 0.05) is 16.5 Å². The maximum atomic E-state index is 9.06. The SMILES string of the molecule is OCC1(c2cnc(Cl)s2)CC1. The monoisotopic (exact) mass is 189 g/mol. The fraction of sp³-hybridized carbons (Fsp3) is 0.571. The second-order valence-corrected chi connectivity index (χ2v) is 4.53. The van der Waals surface area contributed by atoms with Gasteiger partial charge in [0.1, 0.15) is 0 Å². The van der Waals surface area contributed by atoms with E-state index in [1.165, 1.54) is 11.3 Å². The summed E-state index contributed by atoms with van der Waals surface area (Å²) in [5.41, 5.74) is 0.0325. The number of thiazole rings is 1. The number of aliphatic hydroxyl groups is 1. The Labute approximate surface area is 73.8 Å². The van der Waals surface area contributed by atoms with Crippen molar-refractivity contribution in [3.8, 4) is 0 Å². The Bertz CT molecular complexity index is 269. The summed E-state index contributed by atoms with van der Waals surface area (Å²) in [6.45, 7) is 0.228. The maximum absolute atomic E-state index is 9.06. The van der Waals surface area contributed by atoms with Gasteiger partial charge in [0.05, 0.1) is 6.61 Å². The molecular weight excluding hydrogens is 182 g/mol. The third-order valence-electron chi connectivity index (χ3n) is 2.16. The van der Waals surface area contributed by atoms with Crippen LogP contribution in [-0.4, -0.2) is 16.7 Å². The van der Waals surface area contributed by atoms with Crippen molar-refractivity contribution in [3.63, 3.8) is 0 Å². The largest absolute Gasteiger partial charge is 0.395 e. The van der Waals surface area contributed by atoms with Crippen molar-refractivity contribution in [1.82, 2.24) is 4.98 Å². The highest BCUT2D eigenvalue weighted by atomic mass is 35.5. The van der Waals surface area contributed by atoms with Crippen LogP contribution in [0.4, 0.5) is 0 Å². The topological polar surface area (TPSA) is 33.1 Å². The quantitative estimate of drug-likeness (QED) is 0.770. The minimum atomic E-state index is 0.0325. The summed E-state index contributed by atoms with van der Waals surface area (Å²) in [5, 5.41) is 9.06. The summed E-state index contributed by atoms with van der Waals surface area (Å²) < 4.78 is 0.569. The van der Waals surface area contributed by atoms with Gasteiger partial charge in [-0.25, -0.2) is 4.98 Å². The highest BCUT2D eigenvalue weighted by Crippen LogP contribution is 2.49. The lowest BCUT2D eigenvalue weighted by atomic mass is 10.1. The van der Waals surface area contributed by atoms with E-state index in [1.807, 2.05) is 0 Å². The minimum Gasteiger partial charge on any atom is -0.395 e. The summed E-state index contributed by atoms with van der Waals surface area (Å²) in [6.07, 6.45) is 3.92. The van der Waals surface area contributed by atoms with Crippen LogP contribution < -0.4 is 0 Å². The number of rotatable bonds is 2. The van der Waals surface area contributed by atoms with Crippen LogP contribution in [0.15, 0.2) is 6.20 Å². The zero-order chi connectivity index (χ0) is 7.90. The first-order valence-electron chi connectivity index (χ1n) is 3.49. The average molecular weight is 190 g/mol. The van der Waals surface area contributed by atoms with Crippen LogP contribution in [0.2, 0.25) is 4.47 Å². The van der Waals surface area contributed by atoms with Crippen molar-refractivity contribution in [1.29, 1.82) is 0 Å². The van der Waals surface area contributed by atoms with E-state index in [-0.39, 0.29) is 12.0 Å². The summed E-state index contributed by atoms with van der Waals surface area (Å²) >= 11 is 7.15. The second kappa shape index (κ2) is 2.44. The predicted octanol–water partition coefficient (Wildman–Crippen LogP) is 1.82. The molecule has 0 unspecified atom stereocenters. The fourth-order valence-corrected chi connectivity index (χ4v) is 2.31. The van der Waals surface area contributed by atoms with E-state index in [2.05, 4.69) is 4.98 Å². The molecule has 0 bridgehead atoms. The van der Waals surface area contributed by atoms with Gasteiger partial charge >= 0.3 is 0 Å². The van der Waals surface area contributed by atoms with Crippen molar-refractivity contribution in [3.05, 3.63) is 15.5 Å². The Balaban J connectivity index is 2.29. The molecule has 1 heterocycles. The van der Waals surface area contributed by atoms with Crippen LogP contribution in [0.25, 0.3) is 0 Å². The zero-order valence-electron chi connectivity index (χ0n) is 5.88. The Hall–Kier alpha value is -0.120. The standard InChI is InChI=1S/C7H8ClNOS/c8-6-9-3-5(11-6)7(4-10)1-2-7/h3,10H,1-2,4H2. The Morgan fingerprint density at radius 1 is 1.73 bits per heavy atom. The van der Waals surface area contributed by atoms with Crippen LogP contribution in [0.1, 0.15) is 17.7 Å². The van der Waals surface area contributed by atoms with Gasteiger partial charge < -0.3 is 5.11 Å². The summed E-state index contributed by atoms with van der Waals surface area (Å²) in [5.74, 6) is 0. The third-order valence-corrected chi connectivity index (χ3v) is 3.52. The van der Waals surface area contributed by atoms with Gasteiger partial charge in [-0.15, -0.1) is 11.3 Å². The molecule has 0 aromatic carbocycles. The van der Waals surface area contributed by atoms with E-state index in [4.69, 9.17) is 16.7 Å². The summed E-state index contributed by atoms with van der Waals surface area (Å²) in [7, 11) is 0. The second-order valence-electron chi connectivity index (χ2n) is 2.92. The number of halogens is 1. The molecule has 0 atom stereocenters. The van der Waals surface area contributed by atoms with Crippen molar-refractivity contribution in [2.45, 2.75) is 18.3 Å². The van der Waals surface area contributed by atoms with Crippen LogP contribution in [-0.2, 0) is 5.41 Å². The Morgan fingerprint density at radius 3 is 2.82 bits per heavy atom. The predicted molar refractivity (Wildman–Crippen MR) is 45.1 cm³/mol. The molecule has 2 nitrogen and oxygen atoms in total.